The molecule has 2 aromatic rings. The van der Waals surface area contributed by atoms with Gasteiger partial charge in [0.15, 0.2) is 4.67 Å². The second-order valence-corrected chi connectivity index (χ2v) is 5.28. The number of furan rings is 1. The summed E-state index contributed by atoms with van der Waals surface area (Å²) in [5, 5.41) is 11.4. The van der Waals surface area contributed by atoms with Crippen LogP contribution in [0.1, 0.15) is 23.8 Å². The second-order valence-electron chi connectivity index (χ2n) is 4.50. The molecule has 0 saturated heterocycles. The highest BCUT2D eigenvalue weighted by Crippen LogP contribution is 2.23. The summed E-state index contributed by atoms with van der Waals surface area (Å²) in [7, 11) is 0. The number of aliphatic carboxylic acids is 1. The van der Waals surface area contributed by atoms with Crippen molar-refractivity contribution in [1.29, 1.82) is 0 Å². The summed E-state index contributed by atoms with van der Waals surface area (Å²) in [4.78, 5) is 22.7. The lowest BCUT2D eigenvalue weighted by atomic mass is 10.1. The Morgan fingerprint density at radius 2 is 1.95 bits per heavy atom. The number of carbonyl (C=O) groups is 2. The third-order valence-electron chi connectivity index (χ3n) is 2.82. The third kappa shape index (κ3) is 4.92. The molecule has 0 saturated carbocycles. The summed E-state index contributed by atoms with van der Waals surface area (Å²) in [6.07, 6.45) is -1.01. The fourth-order valence-electron chi connectivity index (χ4n) is 1.82. The Morgan fingerprint density at radius 1 is 1.23 bits per heavy atom. The fourth-order valence-corrected chi connectivity index (χ4v) is 2.14. The minimum Gasteiger partial charge on any atom is -0.481 e. The predicted molar refractivity (Wildman–Crippen MR) is 81.2 cm³/mol. The van der Waals surface area contributed by atoms with E-state index in [1.54, 1.807) is 12.1 Å². The van der Waals surface area contributed by atoms with Crippen LogP contribution in [0, 0.1) is 0 Å². The Hall–Kier alpha value is -2.28. The largest absolute Gasteiger partial charge is 0.481 e. The molecule has 1 aromatic carbocycles. The zero-order valence-electron chi connectivity index (χ0n) is 11.5. The summed E-state index contributed by atoms with van der Waals surface area (Å²) >= 11 is 3.14. The van der Waals surface area contributed by atoms with Crippen molar-refractivity contribution in [2.75, 3.05) is 0 Å². The first-order chi connectivity index (χ1) is 10.5. The van der Waals surface area contributed by atoms with Crippen LogP contribution in [0.4, 0.5) is 4.79 Å². The van der Waals surface area contributed by atoms with Crippen molar-refractivity contribution in [3.63, 3.8) is 0 Å². The van der Waals surface area contributed by atoms with Gasteiger partial charge in [0.2, 0.25) is 0 Å². The molecule has 1 atom stereocenters. The lowest BCUT2D eigenvalue weighted by molar-refractivity contribution is -0.137. The van der Waals surface area contributed by atoms with Crippen molar-refractivity contribution < 1.29 is 23.8 Å². The molecule has 0 aliphatic rings. The van der Waals surface area contributed by atoms with Crippen molar-refractivity contribution >= 4 is 28.0 Å². The molecule has 0 aliphatic heterocycles. The fraction of sp³-hybridized carbons (Fsp3) is 0.200. The molecule has 1 unspecified atom stereocenters. The summed E-state index contributed by atoms with van der Waals surface area (Å²) in [5.41, 5.74) is 0.841. The van der Waals surface area contributed by atoms with Gasteiger partial charge in [-0.15, -0.1) is 0 Å². The molecule has 1 amide bonds. The van der Waals surface area contributed by atoms with Gasteiger partial charge >= 0.3 is 12.1 Å². The molecule has 1 aromatic heterocycles. The van der Waals surface area contributed by atoms with E-state index in [9.17, 15) is 9.59 Å². The minimum atomic E-state index is -1.05. The van der Waals surface area contributed by atoms with E-state index in [-0.39, 0.29) is 13.0 Å². The molecule has 0 radical (unpaired) electrons. The minimum absolute atomic E-state index is 0.105. The normalized spacial score (nSPS) is 11.7. The van der Waals surface area contributed by atoms with E-state index in [0.717, 1.165) is 5.56 Å². The van der Waals surface area contributed by atoms with Crippen LogP contribution in [0.15, 0.2) is 51.6 Å². The first-order valence-corrected chi connectivity index (χ1v) is 7.28. The molecule has 0 fully saturated rings. The number of hydrogen-bond donors (Lipinski definition) is 2. The second kappa shape index (κ2) is 7.65. The van der Waals surface area contributed by atoms with E-state index >= 15 is 0 Å². The van der Waals surface area contributed by atoms with Crippen LogP contribution in [0.5, 0.6) is 0 Å². The number of rotatable bonds is 6. The molecule has 1 heterocycles. The van der Waals surface area contributed by atoms with E-state index in [1.165, 1.54) is 0 Å². The maximum absolute atomic E-state index is 11.8. The van der Waals surface area contributed by atoms with Crippen molar-refractivity contribution in [3.05, 3.63) is 58.5 Å². The Bertz CT molecular complexity index is 640. The number of carbonyl (C=O) groups excluding carboxylic acids is 1. The van der Waals surface area contributed by atoms with Gasteiger partial charge in [0.1, 0.15) is 18.4 Å². The van der Waals surface area contributed by atoms with Gasteiger partial charge in [-0.2, -0.15) is 0 Å². The molecule has 0 spiro atoms. The van der Waals surface area contributed by atoms with Crippen LogP contribution in [0.25, 0.3) is 0 Å². The zero-order valence-corrected chi connectivity index (χ0v) is 13.1. The number of hydrogen-bond acceptors (Lipinski definition) is 4. The molecule has 0 aliphatic carbocycles. The molecule has 6 nitrogen and oxygen atoms in total. The van der Waals surface area contributed by atoms with E-state index in [4.69, 9.17) is 14.3 Å². The van der Waals surface area contributed by atoms with E-state index in [0.29, 0.717) is 10.4 Å². The first-order valence-electron chi connectivity index (χ1n) is 6.49. The molecular formula is C15H14BrNO5. The van der Waals surface area contributed by atoms with Gasteiger partial charge in [-0.25, -0.2) is 4.79 Å². The molecule has 22 heavy (non-hydrogen) atoms. The van der Waals surface area contributed by atoms with Gasteiger partial charge in [0.05, 0.1) is 6.42 Å². The maximum atomic E-state index is 11.8. The summed E-state index contributed by atoms with van der Waals surface area (Å²) in [6.45, 7) is 0.105. The van der Waals surface area contributed by atoms with Gasteiger partial charge in [0, 0.05) is 0 Å². The van der Waals surface area contributed by atoms with Crippen LogP contribution in [-0.2, 0) is 16.1 Å². The summed E-state index contributed by atoms with van der Waals surface area (Å²) < 4.78 is 10.8. The number of amides is 1. The highest BCUT2D eigenvalue weighted by Gasteiger charge is 2.22. The summed E-state index contributed by atoms with van der Waals surface area (Å²) in [5.74, 6) is -0.716. The van der Waals surface area contributed by atoms with Gasteiger partial charge in [0.25, 0.3) is 0 Å². The van der Waals surface area contributed by atoms with E-state index < -0.39 is 18.1 Å². The number of halogens is 1. The molecule has 0 bridgehead atoms. The Kier molecular flexibility index (Phi) is 5.60. The lowest BCUT2D eigenvalue weighted by Gasteiger charge is -2.14. The van der Waals surface area contributed by atoms with Gasteiger partial charge < -0.3 is 19.6 Å². The van der Waals surface area contributed by atoms with Crippen LogP contribution < -0.4 is 5.32 Å². The average Bonchev–Trinajstić information content (AvgIpc) is 2.92. The van der Waals surface area contributed by atoms with Crippen LogP contribution in [0.2, 0.25) is 0 Å². The molecule has 2 N–H and O–H groups in total. The average molecular weight is 368 g/mol. The Morgan fingerprint density at radius 3 is 2.55 bits per heavy atom. The van der Waals surface area contributed by atoms with Crippen LogP contribution in [0.3, 0.4) is 0 Å². The van der Waals surface area contributed by atoms with Gasteiger partial charge in [-0.3, -0.25) is 4.79 Å². The predicted octanol–water partition coefficient (Wildman–Crippen LogP) is 3.48. The highest BCUT2D eigenvalue weighted by atomic mass is 79.9. The van der Waals surface area contributed by atoms with Gasteiger partial charge in [-0.1, -0.05) is 30.3 Å². The number of alkyl carbamates (subject to hydrolysis) is 1. The molecule has 7 heteroatoms. The molecule has 116 valence electrons. The first kappa shape index (κ1) is 16.1. The number of nitrogens with one attached hydrogen (secondary N) is 1. The zero-order chi connectivity index (χ0) is 15.9. The van der Waals surface area contributed by atoms with Crippen LogP contribution >= 0.6 is 15.9 Å². The van der Waals surface area contributed by atoms with Crippen molar-refractivity contribution in [2.24, 2.45) is 0 Å². The number of ether oxygens (including phenoxy) is 1. The van der Waals surface area contributed by atoms with E-state index in [2.05, 4.69) is 21.2 Å². The number of carboxylic acid groups (broad SMARTS) is 1. The van der Waals surface area contributed by atoms with Crippen molar-refractivity contribution in [3.8, 4) is 0 Å². The number of carboxylic acids is 1. The third-order valence-corrected chi connectivity index (χ3v) is 3.25. The van der Waals surface area contributed by atoms with E-state index in [1.807, 2.05) is 30.3 Å². The van der Waals surface area contributed by atoms with Crippen molar-refractivity contribution in [1.82, 2.24) is 5.32 Å². The number of benzene rings is 1. The highest BCUT2D eigenvalue weighted by molar-refractivity contribution is 9.10. The van der Waals surface area contributed by atoms with Crippen molar-refractivity contribution in [2.45, 2.75) is 19.1 Å². The smallest absolute Gasteiger partial charge is 0.408 e. The summed E-state index contributed by atoms with van der Waals surface area (Å²) in [6, 6.07) is 11.6. The standard InChI is InChI=1S/C15H14BrNO5/c16-13-7-6-12(22-13)11(8-14(18)19)17-15(20)21-9-10-4-2-1-3-5-10/h1-7,11H,8-9H2,(H,17,20)(H,18,19). The monoisotopic (exact) mass is 367 g/mol. The molecular weight excluding hydrogens is 354 g/mol. The van der Waals surface area contributed by atoms with Gasteiger partial charge in [-0.05, 0) is 33.6 Å². The topological polar surface area (TPSA) is 88.8 Å². The quantitative estimate of drug-likeness (QED) is 0.815. The Labute approximate surface area is 135 Å². The SMILES string of the molecule is O=C(O)CC(NC(=O)OCc1ccccc1)c1ccc(Br)o1. The maximum Gasteiger partial charge on any atom is 0.408 e. The Balaban J connectivity index is 1.94. The lowest BCUT2D eigenvalue weighted by Crippen LogP contribution is -2.30. The van der Waals surface area contributed by atoms with Crippen LogP contribution in [-0.4, -0.2) is 17.2 Å². The molecule has 2 rings (SSSR count).